The molecule has 1 fully saturated rings. The standard InChI is InChI=1S/C31H47N3O4/c1-3-5-7-9-11-16-20-32-24-26(29(36)33(31(32)38)21-17-12-10-8-6-4-2)27-22-28(35)30(37)34(27)23-25-18-14-13-15-19-25/h13-15,18-19,24,27-28,35H,3-12,16-17,20-23H2,1-2H3/t27-,28+/m0/s1. The van der Waals surface area contributed by atoms with Crippen LogP contribution in [0.25, 0.3) is 0 Å². The fourth-order valence-corrected chi connectivity index (χ4v) is 5.42. The van der Waals surface area contributed by atoms with Gasteiger partial charge in [-0.1, -0.05) is 108 Å². The van der Waals surface area contributed by atoms with Crippen molar-refractivity contribution < 1.29 is 9.90 Å². The molecule has 1 N–H and O–H groups in total. The number of aliphatic hydroxyl groups excluding tert-OH is 1. The number of carbonyl (C=O) groups is 1. The number of unbranched alkanes of at least 4 members (excludes halogenated alkanes) is 10. The van der Waals surface area contributed by atoms with Gasteiger partial charge in [0.25, 0.3) is 11.5 Å². The lowest BCUT2D eigenvalue weighted by atomic mass is 10.1. The summed E-state index contributed by atoms with van der Waals surface area (Å²) >= 11 is 0. The Morgan fingerprint density at radius 2 is 1.37 bits per heavy atom. The topological polar surface area (TPSA) is 84.5 Å². The highest BCUT2D eigenvalue weighted by Crippen LogP contribution is 2.32. The Morgan fingerprint density at radius 3 is 2.00 bits per heavy atom. The van der Waals surface area contributed by atoms with E-state index < -0.39 is 12.1 Å². The zero-order valence-corrected chi connectivity index (χ0v) is 23.4. The van der Waals surface area contributed by atoms with Gasteiger partial charge in [-0.15, -0.1) is 0 Å². The van der Waals surface area contributed by atoms with E-state index in [-0.39, 0.29) is 23.6 Å². The normalized spacial score (nSPS) is 17.4. The zero-order valence-electron chi connectivity index (χ0n) is 23.4. The van der Waals surface area contributed by atoms with Gasteiger partial charge in [0.1, 0.15) is 6.10 Å². The first kappa shape index (κ1) is 29.9. The van der Waals surface area contributed by atoms with Crippen LogP contribution in [0.5, 0.6) is 0 Å². The Balaban J connectivity index is 1.86. The van der Waals surface area contributed by atoms with Crippen molar-refractivity contribution in [1.82, 2.24) is 14.0 Å². The average Bonchev–Trinajstić information content (AvgIpc) is 3.19. The summed E-state index contributed by atoms with van der Waals surface area (Å²) in [6, 6.07) is 9.06. The van der Waals surface area contributed by atoms with Gasteiger partial charge in [0.2, 0.25) is 0 Å². The van der Waals surface area contributed by atoms with Gasteiger partial charge >= 0.3 is 5.69 Å². The second kappa shape index (κ2) is 15.7. The molecule has 2 heterocycles. The first-order valence-electron chi connectivity index (χ1n) is 14.8. The maximum absolute atomic E-state index is 13.7. The molecule has 1 aliphatic rings. The van der Waals surface area contributed by atoms with Gasteiger partial charge in [-0.25, -0.2) is 4.79 Å². The second-order valence-electron chi connectivity index (χ2n) is 10.8. The lowest BCUT2D eigenvalue weighted by molar-refractivity contribution is -0.136. The minimum Gasteiger partial charge on any atom is -0.383 e. The van der Waals surface area contributed by atoms with Crippen LogP contribution in [0.4, 0.5) is 0 Å². The summed E-state index contributed by atoms with van der Waals surface area (Å²) in [5.41, 5.74) is 0.781. The van der Waals surface area contributed by atoms with Crippen molar-refractivity contribution in [2.24, 2.45) is 0 Å². The molecule has 38 heavy (non-hydrogen) atoms. The number of carbonyl (C=O) groups excluding carboxylic acids is 1. The molecule has 1 aromatic heterocycles. The Labute approximate surface area is 227 Å². The van der Waals surface area contributed by atoms with Crippen molar-refractivity contribution in [3.05, 3.63) is 68.5 Å². The van der Waals surface area contributed by atoms with Crippen molar-refractivity contribution in [3.63, 3.8) is 0 Å². The van der Waals surface area contributed by atoms with E-state index in [1.165, 1.54) is 43.1 Å². The lowest BCUT2D eigenvalue weighted by Crippen LogP contribution is -2.43. The predicted octanol–water partition coefficient (Wildman–Crippen LogP) is 5.57. The highest BCUT2D eigenvalue weighted by Gasteiger charge is 2.41. The number of aliphatic hydroxyl groups is 1. The summed E-state index contributed by atoms with van der Waals surface area (Å²) in [7, 11) is 0. The third-order valence-corrected chi connectivity index (χ3v) is 7.70. The fourth-order valence-electron chi connectivity index (χ4n) is 5.42. The molecule has 1 amide bonds. The molecule has 0 unspecified atom stereocenters. The highest BCUT2D eigenvalue weighted by atomic mass is 16.3. The van der Waals surface area contributed by atoms with E-state index in [0.29, 0.717) is 25.2 Å². The number of aromatic nitrogens is 2. The van der Waals surface area contributed by atoms with E-state index in [1.807, 2.05) is 30.3 Å². The van der Waals surface area contributed by atoms with Crippen molar-refractivity contribution in [3.8, 4) is 0 Å². The number of aryl methyl sites for hydroxylation is 1. The zero-order chi connectivity index (χ0) is 27.3. The molecule has 1 aliphatic heterocycles. The molecule has 0 aliphatic carbocycles. The summed E-state index contributed by atoms with van der Waals surface area (Å²) in [6.45, 7) is 5.63. The van der Waals surface area contributed by atoms with Crippen molar-refractivity contribution in [1.29, 1.82) is 0 Å². The molecule has 210 valence electrons. The van der Waals surface area contributed by atoms with E-state index in [0.717, 1.165) is 44.1 Å². The average molecular weight is 526 g/mol. The van der Waals surface area contributed by atoms with Crippen LogP contribution in [0.2, 0.25) is 0 Å². The van der Waals surface area contributed by atoms with Gasteiger partial charge in [-0.3, -0.25) is 14.2 Å². The van der Waals surface area contributed by atoms with Crippen LogP contribution >= 0.6 is 0 Å². The number of hydrogen-bond donors (Lipinski definition) is 1. The molecule has 2 aromatic rings. The summed E-state index contributed by atoms with van der Waals surface area (Å²) in [5, 5.41) is 10.5. The van der Waals surface area contributed by atoms with Gasteiger partial charge < -0.3 is 14.6 Å². The van der Waals surface area contributed by atoms with E-state index >= 15 is 0 Å². The SMILES string of the molecule is CCCCCCCCn1cc([C@@H]2C[C@@H](O)C(=O)N2Cc2ccccc2)c(=O)n(CCCCCCCC)c1=O. The van der Waals surface area contributed by atoms with Crippen LogP contribution < -0.4 is 11.2 Å². The minimum absolute atomic E-state index is 0.160. The smallest absolute Gasteiger partial charge is 0.330 e. The Kier molecular flexibility index (Phi) is 12.3. The third kappa shape index (κ3) is 8.16. The van der Waals surface area contributed by atoms with Crippen LogP contribution in [0.1, 0.15) is 114 Å². The maximum Gasteiger partial charge on any atom is 0.330 e. The summed E-state index contributed by atoms with van der Waals surface area (Å²) in [4.78, 5) is 41.6. The van der Waals surface area contributed by atoms with Gasteiger partial charge in [-0.05, 0) is 18.4 Å². The van der Waals surface area contributed by atoms with Gasteiger partial charge in [0.15, 0.2) is 0 Å². The number of likely N-dealkylation sites (tertiary alicyclic amines) is 1. The van der Waals surface area contributed by atoms with Crippen LogP contribution in [0.3, 0.4) is 0 Å². The molecule has 0 bridgehead atoms. The van der Waals surface area contributed by atoms with E-state index in [4.69, 9.17) is 0 Å². The van der Waals surface area contributed by atoms with Crippen LogP contribution in [-0.2, 0) is 24.4 Å². The molecular formula is C31H47N3O4. The van der Waals surface area contributed by atoms with E-state index in [2.05, 4.69) is 13.8 Å². The lowest BCUT2D eigenvalue weighted by Gasteiger charge is -2.25. The summed E-state index contributed by atoms with van der Waals surface area (Å²) < 4.78 is 3.05. The molecule has 3 rings (SSSR count). The van der Waals surface area contributed by atoms with Gasteiger partial charge in [-0.2, -0.15) is 0 Å². The van der Waals surface area contributed by atoms with Gasteiger partial charge in [0, 0.05) is 32.3 Å². The number of amides is 1. The number of benzene rings is 1. The molecule has 1 saturated heterocycles. The molecule has 7 nitrogen and oxygen atoms in total. The predicted molar refractivity (Wildman–Crippen MR) is 152 cm³/mol. The number of nitrogens with zero attached hydrogens (tertiary/aromatic N) is 3. The first-order chi connectivity index (χ1) is 18.5. The Hall–Kier alpha value is -2.67. The van der Waals surface area contributed by atoms with Crippen LogP contribution in [0, 0.1) is 0 Å². The molecule has 7 heteroatoms. The summed E-state index contributed by atoms with van der Waals surface area (Å²) in [6.07, 6.45) is 13.8. The first-order valence-corrected chi connectivity index (χ1v) is 14.8. The largest absolute Gasteiger partial charge is 0.383 e. The van der Waals surface area contributed by atoms with Gasteiger partial charge in [0.05, 0.1) is 11.6 Å². The highest BCUT2D eigenvalue weighted by molar-refractivity contribution is 5.83. The van der Waals surface area contributed by atoms with E-state index in [9.17, 15) is 19.5 Å². The number of rotatable bonds is 17. The maximum atomic E-state index is 13.7. The Morgan fingerprint density at radius 1 is 0.789 bits per heavy atom. The van der Waals surface area contributed by atoms with E-state index in [1.54, 1.807) is 15.7 Å². The van der Waals surface area contributed by atoms with Crippen LogP contribution in [-0.4, -0.2) is 31.2 Å². The molecule has 1 aromatic carbocycles. The minimum atomic E-state index is -1.14. The van der Waals surface area contributed by atoms with Crippen molar-refractivity contribution >= 4 is 5.91 Å². The molecular weight excluding hydrogens is 478 g/mol. The number of hydrogen-bond acceptors (Lipinski definition) is 4. The Bertz CT molecular complexity index is 1110. The monoisotopic (exact) mass is 525 g/mol. The van der Waals surface area contributed by atoms with Crippen molar-refractivity contribution in [2.45, 2.75) is 129 Å². The van der Waals surface area contributed by atoms with Crippen molar-refractivity contribution in [2.75, 3.05) is 0 Å². The summed E-state index contributed by atoms with van der Waals surface area (Å²) in [5.74, 6) is -0.366. The molecule has 2 atom stereocenters. The quantitative estimate of drug-likeness (QED) is 0.274. The fraction of sp³-hybridized carbons (Fsp3) is 0.645. The molecule has 0 spiro atoms. The van der Waals surface area contributed by atoms with Crippen LogP contribution in [0.15, 0.2) is 46.1 Å². The third-order valence-electron chi connectivity index (χ3n) is 7.70. The molecule has 0 radical (unpaired) electrons. The molecule has 0 saturated carbocycles. The second-order valence-corrected chi connectivity index (χ2v) is 10.8.